The summed E-state index contributed by atoms with van der Waals surface area (Å²) in [6.07, 6.45) is 0.905. The number of carbonyl (C=O) groups excluding carboxylic acids is 2. The number of urea groups is 1. The Morgan fingerprint density at radius 2 is 2.04 bits per heavy atom. The number of hydrogen-bond donors (Lipinski definition) is 0. The first-order valence-corrected chi connectivity index (χ1v) is 8.57. The fourth-order valence-electron chi connectivity index (χ4n) is 3.36. The Balaban J connectivity index is 2.06. The topological polar surface area (TPSA) is 71.6 Å². The average molecular weight is 345 g/mol. The van der Waals surface area contributed by atoms with Crippen molar-refractivity contribution in [1.82, 2.24) is 14.8 Å². The molecular weight excluding hydrogens is 320 g/mol. The van der Waals surface area contributed by atoms with Gasteiger partial charge >= 0.3 is 12.0 Å². The van der Waals surface area contributed by atoms with Gasteiger partial charge in [0, 0.05) is 7.05 Å². The van der Waals surface area contributed by atoms with E-state index in [0.29, 0.717) is 18.3 Å². The van der Waals surface area contributed by atoms with Gasteiger partial charge in [-0.15, -0.1) is 10.1 Å². The first-order chi connectivity index (χ1) is 11.8. The zero-order valence-electron chi connectivity index (χ0n) is 15.5. The minimum Gasteiger partial charge on any atom is -0.270 e. The molecule has 0 N–H and O–H groups in total. The van der Waals surface area contributed by atoms with Crippen molar-refractivity contribution >= 4 is 29.4 Å². The van der Waals surface area contributed by atoms with Gasteiger partial charge in [0.15, 0.2) is 0 Å². The van der Waals surface area contributed by atoms with Crippen LogP contribution in [0.3, 0.4) is 0 Å². The number of aliphatic imine (C=N–C) groups is 1. The van der Waals surface area contributed by atoms with Crippen molar-refractivity contribution in [2.75, 3.05) is 20.1 Å². The van der Waals surface area contributed by atoms with Gasteiger partial charge in [-0.3, -0.25) is 14.6 Å². The van der Waals surface area contributed by atoms with E-state index in [2.05, 4.69) is 23.6 Å². The number of amides is 3. The lowest BCUT2D eigenvalue weighted by atomic mass is 10.1. The van der Waals surface area contributed by atoms with Crippen LogP contribution in [-0.2, 0) is 4.79 Å². The van der Waals surface area contributed by atoms with Crippen molar-refractivity contribution in [2.24, 2.45) is 10.1 Å². The summed E-state index contributed by atoms with van der Waals surface area (Å²) in [5, 5.41) is 6.44. The van der Waals surface area contributed by atoms with Crippen LogP contribution in [0.4, 0.5) is 4.79 Å². The van der Waals surface area contributed by atoms with Crippen LogP contribution in [0.25, 0.3) is 0 Å². The van der Waals surface area contributed by atoms with Gasteiger partial charge in [0.2, 0.25) is 11.9 Å². The van der Waals surface area contributed by atoms with E-state index in [9.17, 15) is 9.59 Å². The molecule has 1 saturated heterocycles. The van der Waals surface area contributed by atoms with E-state index in [0.717, 1.165) is 17.7 Å². The Hall–Kier alpha value is -2.51. The van der Waals surface area contributed by atoms with E-state index in [4.69, 9.17) is 0 Å². The highest BCUT2D eigenvalue weighted by Gasteiger charge is 2.55. The molecule has 3 aliphatic rings. The zero-order chi connectivity index (χ0) is 18.5. The monoisotopic (exact) mass is 345 g/mol. The second kappa shape index (κ2) is 6.09. The Morgan fingerprint density at radius 1 is 1.36 bits per heavy atom. The highest BCUT2D eigenvalue weighted by atomic mass is 16.2. The molecule has 2 unspecified atom stereocenters. The lowest BCUT2D eigenvalue weighted by Gasteiger charge is -2.35. The molecule has 0 aromatic carbocycles. The zero-order valence-corrected chi connectivity index (χ0v) is 15.5. The number of hydrogen-bond acceptors (Lipinski definition) is 5. The minimum atomic E-state index is -0.600. The lowest BCUT2D eigenvalue weighted by Crippen LogP contribution is -2.64. The van der Waals surface area contributed by atoms with E-state index < -0.39 is 6.04 Å². The molecule has 0 bridgehead atoms. The predicted molar refractivity (Wildman–Crippen MR) is 95.7 cm³/mol. The third-order valence-electron chi connectivity index (χ3n) is 4.72. The summed E-state index contributed by atoms with van der Waals surface area (Å²) in [6.45, 7) is 12.6. The molecule has 3 heterocycles. The second-order valence-electron chi connectivity index (χ2n) is 6.84. The van der Waals surface area contributed by atoms with Crippen molar-refractivity contribution in [3.8, 4) is 0 Å². The highest BCUT2D eigenvalue weighted by Crippen LogP contribution is 2.25. The third-order valence-corrected chi connectivity index (χ3v) is 4.72. The van der Waals surface area contributed by atoms with Gasteiger partial charge in [0.05, 0.1) is 18.8 Å². The number of carbonyl (C=O) groups is 2. The molecule has 1 fully saturated rings. The van der Waals surface area contributed by atoms with Gasteiger partial charge in [0.25, 0.3) is 5.91 Å². The molecule has 0 aromatic rings. The van der Waals surface area contributed by atoms with Gasteiger partial charge in [0.1, 0.15) is 6.04 Å². The standard InChI is InChI=1S/C17H25N6O2/c1-7-8-22-16-18-14-13(23(16)12(5)11(4)19-22)15(24)21(9-10(2)3)17(25)20(14)6/h12-13H,2,7-9H2,1,3-6H3/q+1. The summed E-state index contributed by atoms with van der Waals surface area (Å²) in [6, 6.07) is -1.03. The fourth-order valence-corrected chi connectivity index (χ4v) is 3.36. The number of fused-ring (bicyclic) bond motifs is 2. The SMILES string of the molecule is C=C(C)CN1C(=O)C2C(=NC3=[N+]2C(C)C(C)=NN3CCC)N(C)C1=O. The van der Waals surface area contributed by atoms with E-state index in [1.807, 2.05) is 23.4 Å². The first-order valence-electron chi connectivity index (χ1n) is 8.57. The largest absolute Gasteiger partial charge is 0.416 e. The normalized spacial score (nSPS) is 25.9. The quantitative estimate of drug-likeness (QED) is 0.566. The summed E-state index contributed by atoms with van der Waals surface area (Å²) in [5.74, 6) is 0.865. The van der Waals surface area contributed by atoms with Gasteiger partial charge in [-0.1, -0.05) is 24.1 Å². The van der Waals surface area contributed by atoms with Crippen molar-refractivity contribution in [2.45, 2.75) is 46.2 Å². The second-order valence-corrected chi connectivity index (χ2v) is 6.84. The maximum atomic E-state index is 13.1. The molecule has 8 nitrogen and oxygen atoms in total. The molecule has 134 valence electrons. The molecule has 3 amide bonds. The predicted octanol–water partition coefficient (Wildman–Crippen LogP) is 1.10. The number of amidine groups is 1. The van der Waals surface area contributed by atoms with Gasteiger partial charge in [-0.25, -0.2) is 9.37 Å². The number of imide groups is 1. The average Bonchev–Trinajstić information content (AvgIpc) is 2.95. The summed E-state index contributed by atoms with van der Waals surface area (Å²) in [4.78, 5) is 33.1. The Bertz CT molecular complexity index is 750. The van der Waals surface area contributed by atoms with E-state index >= 15 is 0 Å². The Morgan fingerprint density at radius 3 is 2.64 bits per heavy atom. The molecule has 2 atom stereocenters. The van der Waals surface area contributed by atoms with E-state index in [1.165, 1.54) is 9.80 Å². The molecule has 0 aromatic heterocycles. The Labute approximate surface area is 147 Å². The number of nitrogens with zero attached hydrogens (tertiary/aromatic N) is 6. The van der Waals surface area contributed by atoms with Crippen LogP contribution in [0.5, 0.6) is 0 Å². The van der Waals surface area contributed by atoms with Crippen molar-refractivity contribution in [3.63, 3.8) is 0 Å². The summed E-state index contributed by atoms with van der Waals surface area (Å²) in [7, 11) is 1.66. The smallest absolute Gasteiger partial charge is 0.270 e. The van der Waals surface area contributed by atoms with Crippen LogP contribution in [0.1, 0.15) is 34.1 Å². The van der Waals surface area contributed by atoms with Crippen LogP contribution < -0.4 is 0 Å². The minimum absolute atomic E-state index is 0.0633. The summed E-state index contributed by atoms with van der Waals surface area (Å²) < 4.78 is 1.98. The van der Waals surface area contributed by atoms with Crippen LogP contribution >= 0.6 is 0 Å². The van der Waals surface area contributed by atoms with Crippen LogP contribution in [0, 0.1) is 0 Å². The van der Waals surface area contributed by atoms with Gasteiger partial charge in [-0.2, -0.15) is 0 Å². The summed E-state index contributed by atoms with van der Waals surface area (Å²) >= 11 is 0. The van der Waals surface area contributed by atoms with Gasteiger partial charge in [-0.05, 0) is 27.2 Å². The molecule has 3 rings (SSSR count). The lowest BCUT2D eigenvalue weighted by molar-refractivity contribution is -0.559. The van der Waals surface area contributed by atoms with Gasteiger partial charge < -0.3 is 0 Å². The number of likely N-dealkylation sites (N-methyl/N-ethyl adjacent to an activating group) is 1. The molecule has 0 spiro atoms. The van der Waals surface area contributed by atoms with E-state index in [1.54, 1.807) is 14.0 Å². The molecule has 8 heteroatoms. The maximum Gasteiger partial charge on any atom is 0.416 e. The van der Waals surface area contributed by atoms with Crippen LogP contribution in [0.15, 0.2) is 22.2 Å². The molecule has 0 saturated carbocycles. The third kappa shape index (κ3) is 2.56. The molecular formula is C17H25N6O2+. The first kappa shape index (κ1) is 17.3. The molecule has 0 radical (unpaired) electrons. The molecule has 0 aliphatic carbocycles. The Kier molecular flexibility index (Phi) is 4.22. The van der Waals surface area contributed by atoms with Crippen molar-refractivity contribution in [3.05, 3.63) is 12.2 Å². The maximum absolute atomic E-state index is 13.1. The van der Waals surface area contributed by atoms with Crippen molar-refractivity contribution < 1.29 is 14.2 Å². The van der Waals surface area contributed by atoms with Crippen LogP contribution in [0.2, 0.25) is 0 Å². The van der Waals surface area contributed by atoms with E-state index in [-0.39, 0.29) is 24.5 Å². The molecule has 3 aliphatic heterocycles. The van der Waals surface area contributed by atoms with Crippen LogP contribution in [-0.4, -0.2) is 81.1 Å². The number of guanidine groups is 1. The summed E-state index contributed by atoms with van der Waals surface area (Å²) in [5.41, 5.74) is 1.68. The molecule has 25 heavy (non-hydrogen) atoms. The fraction of sp³-hybridized carbons (Fsp3) is 0.588. The van der Waals surface area contributed by atoms with Crippen molar-refractivity contribution in [1.29, 1.82) is 0 Å². The number of hydrazone groups is 1. The number of rotatable bonds is 4. The highest BCUT2D eigenvalue weighted by molar-refractivity contribution is 6.23.